The first-order valence-electron chi connectivity index (χ1n) is 7.53. The maximum Gasteiger partial charge on any atom is 0.0702 e. The Morgan fingerprint density at radius 2 is 2.15 bits per heavy atom. The zero-order chi connectivity index (χ0) is 14.1. The number of halogens is 1. The van der Waals surface area contributed by atoms with E-state index in [9.17, 15) is 5.11 Å². The Kier molecular flexibility index (Phi) is 4.34. The summed E-state index contributed by atoms with van der Waals surface area (Å²) < 4.78 is 1.09. The van der Waals surface area contributed by atoms with Crippen LogP contribution >= 0.6 is 15.9 Å². The van der Waals surface area contributed by atoms with Crippen LogP contribution in [-0.4, -0.2) is 42.7 Å². The second kappa shape index (κ2) is 6.04. The molecule has 2 atom stereocenters. The lowest BCUT2D eigenvalue weighted by atomic mass is 9.84. The predicted octanol–water partition coefficient (Wildman–Crippen LogP) is 2.86. The maximum atomic E-state index is 9.56. The molecule has 2 saturated heterocycles. The number of likely N-dealkylation sites (tertiary alicyclic amines) is 1. The zero-order valence-electron chi connectivity index (χ0n) is 12.1. The molecule has 0 bridgehead atoms. The van der Waals surface area contributed by atoms with E-state index in [0.717, 1.165) is 35.1 Å². The van der Waals surface area contributed by atoms with E-state index < -0.39 is 0 Å². The van der Waals surface area contributed by atoms with Gasteiger partial charge in [0.05, 0.1) is 6.61 Å². The largest absolute Gasteiger partial charge is 0.392 e. The third-order valence-electron chi connectivity index (χ3n) is 4.90. The lowest BCUT2D eigenvalue weighted by Crippen LogP contribution is -2.52. The van der Waals surface area contributed by atoms with Crippen molar-refractivity contribution in [1.82, 2.24) is 4.90 Å². The van der Waals surface area contributed by atoms with Crippen LogP contribution in [0.4, 0.5) is 5.69 Å². The molecule has 0 spiro atoms. The molecule has 1 aromatic carbocycles. The molecule has 2 unspecified atom stereocenters. The van der Waals surface area contributed by atoms with Gasteiger partial charge in [-0.15, -0.1) is 0 Å². The highest BCUT2D eigenvalue weighted by Crippen LogP contribution is 2.34. The first-order valence-corrected chi connectivity index (χ1v) is 8.33. The van der Waals surface area contributed by atoms with Crippen molar-refractivity contribution in [2.45, 2.75) is 31.9 Å². The van der Waals surface area contributed by atoms with Crippen LogP contribution in [0.2, 0.25) is 0 Å². The molecule has 0 amide bonds. The molecule has 110 valence electrons. The van der Waals surface area contributed by atoms with Crippen molar-refractivity contribution in [2.75, 3.05) is 31.6 Å². The predicted molar refractivity (Wildman–Crippen MR) is 86.0 cm³/mol. The van der Waals surface area contributed by atoms with Gasteiger partial charge in [-0.1, -0.05) is 22.0 Å². The number of piperidine rings is 2. The minimum Gasteiger partial charge on any atom is -0.392 e. The van der Waals surface area contributed by atoms with Gasteiger partial charge in [-0.3, -0.25) is 0 Å². The highest BCUT2D eigenvalue weighted by Gasteiger charge is 2.34. The summed E-state index contributed by atoms with van der Waals surface area (Å²) in [7, 11) is 2.27. The lowest BCUT2D eigenvalue weighted by Gasteiger charge is -2.47. The van der Waals surface area contributed by atoms with Gasteiger partial charge in [0.1, 0.15) is 0 Å². The average molecular weight is 339 g/mol. The first kappa shape index (κ1) is 14.4. The quantitative estimate of drug-likeness (QED) is 0.898. The van der Waals surface area contributed by atoms with Crippen LogP contribution in [0, 0.1) is 5.92 Å². The van der Waals surface area contributed by atoms with Crippen LogP contribution in [0.3, 0.4) is 0 Å². The number of fused-ring (bicyclic) bond motifs is 1. The minimum atomic E-state index is 0.118. The van der Waals surface area contributed by atoms with Gasteiger partial charge in [-0.2, -0.15) is 0 Å². The van der Waals surface area contributed by atoms with Crippen LogP contribution in [-0.2, 0) is 6.61 Å². The Balaban J connectivity index is 1.81. The van der Waals surface area contributed by atoms with Gasteiger partial charge < -0.3 is 14.9 Å². The third kappa shape index (κ3) is 2.74. The van der Waals surface area contributed by atoms with Crippen LogP contribution in [0.15, 0.2) is 22.7 Å². The van der Waals surface area contributed by atoms with E-state index in [1.807, 2.05) is 12.1 Å². The second-order valence-electron chi connectivity index (χ2n) is 6.12. The van der Waals surface area contributed by atoms with Crippen LogP contribution < -0.4 is 4.90 Å². The number of aliphatic hydroxyl groups excluding tert-OH is 1. The molecule has 0 aliphatic carbocycles. The van der Waals surface area contributed by atoms with Crippen molar-refractivity contribution in [1.29, 1.82) is 0 Å². The fourth-order valence-corrected chi connectivity index (χ4v) is 4.19. The normalized spacial score (nSPS) is 27.4. The number of anilines is 1. The molecule has 2 fully saturated rings. The van der Waals surface area contributed by atoms with Crippen molar-refractivity contribution in [2.24, 2.45) is 5.92 Å². The van der Waals surface area contributed by atoms with Crippen molar-refractivity contribution < 1.29 is 5.11 Å². The SMILES string of the molecule is CN1CCCC2CN(c3cc(Br)ccc3CO)CCC21. The molecule has 4 heteroatoms. The van der Waals surface area contributed by atoms with E-state index in [0.29, 0.717) is 0 Å². The molecule has 3 rings (SSSR count). The van der Waals surface area contributed by atoms with Crippen molar-refractivity contribution in [3.8, 4) is 0 Å². The summed E-state index contributed by atoms with van der Waals surface area (Å²) in [4.78, 5) is 5.01. The molecular weight excluding hydrogens is 316 g/mol. The standard InChI is InChI=1S/C16H23BrN2O/c1-18-7-2-3-12-10-19(8-6-15(12)18)16-9-14(17)5-4-13(16)11-20/h4-5,9,12,15,20H,2-3,6-8,10-11H2,1H3. The second-order valence-corrected chi connectivity index (χ2v) is 7.03. The van der Waals surface area contributed by atoms with E-state index in [-0.39, 0.29) is 6.61 Å². The van der Waals surface area contributed by atoms with Gasteiger partial charge in [0.15, 0.2) is 0 Å². The molecule has 0 aromatic heterocycles. The van der Waals surface area contributed by atoms with Gasteiger partial charge in [0.2, 0.25) is 0 Å². The van der Waals surface area contributed by atoms with Crippen LogP contribution in [0.1, 0.15) is 24.8 Å². The van der Waals surface area contributed by atoms with E-state index in [2.05, 4.69) is 38.8 Å². The topological polar surface area (TPSA) is 26.7 Å². The van der Waals surface area contributed by atoms with E-state index in [1.54, 1.807) is 0 Å². The smallest absolute Gasteiger partial charge is 0.0702 e. The van der Waals surface area contributed by atoms with Crippen LogP contribution in [0.25, 0.3) is 0 Å². The lowest BCUT2D eigenvalue weighted by molar-refractivity contribution is 0.102. The Bertz CT molecular complexity index is 480. The fourth-order valence-electron chi connectivity index (χ4n) is 3.84. The molecule has 1 aromatic rings. The minimum absolute atomic E-state index is 0.118. The van der Waals surface area contributed by atoms with E-state index in [4.69, 9.17) is 0 Å². The average Bonchev–Trinajstić information content (AvgIpc) is 2.47. The highest BCUT2D eigenvalue weighted by molar-refractivity contribution is 9.10. The molecule has 2 aliphatic rings. The molecule has 0 radical (unpaired) electrons. The Morgan fingerprint density at radius 1 is 1.30 bits per heavy atom. The van der Waals surface area contributed by atoms with Gasteiger partial charge >= 0.3 is 0 Å². The summed E-state index contributed by atoms with van der Waals surface area (Å²) in [6.07, 6.45) is 3.89. The summed E-state index contributed by atoms with van der Waals surface area (Å²) in [5.41, 5.74) is 2.24. The first-order chi connectivity index (χ1) is 9.69. The summed E-state index contributed by atoms with van der Waals surface area (Å²) >= 11 is 3.55. The summed E-state index contributed by atoms with van der Waals surface area (Å²) in [6.45, 7) is 3.58. The Labute approximate surface area is 129 Å². The van der Waals surface area contributed by atoms with Crippen molar-refractivity contribution in [3.05, 3.63) is 28.2 Å². The molecule has 3 nitrogen and oxygen atoms in total. The number of hydrogen-bond acceptors (Lipinski definition) is 3. The van der Waals surface area contributed by atoms with Crippen molar-refractivity contribution >= 4 is 21.6 Å². The van der Waals surface area contributed by atoms with E-state index in [1.165, 1.54) is 31.5 Å². The number of nitrogens with zero attached hydrogens (tertiary/aromatic N) is 2. The van der Waals surface area contributed by atoms with Gasteiger partial charge in [0, 0.05) is 34.9 Å². The maximum absolute atomic E-state index is 9.56. The summed E-state index contributed by atoms with van der Waals surface area (Å²) in [5, 5.41) is 9.56. The highest BCUT2D eigenvalue weighted by atomic mass is 79.9. The Hall–Kier alpha value is -0.580. The molecule has 1 N–H and O–H groups in total. The number of benzene rings is 1. The Morgan fingerprint density at radius 3 is 2.95 bits per heavy atom. The number of aliphatic hydroxyl groups is 1. The summed E-state index contributed by atoms with van der Waals surface area (Å²) in [6, 6.07) is 6.94. The molecule has 2 heterocycles. The fraction of sp³-hybridized carbons (Fsp3) is 0.625. The number of rotatable bonds is 2. The van der Waals surface area contributed by atoms with Crippen molar-refractivity contribution in [3.63, 3.8) is 0 Å². The van der Waals surface area contributed by atoms with Gasteiger partial charge in [-0.05, 0) is 50.9 Å². The molecule has 20 heavy (non-hydrogen) atoms. The number of hydrogen-bond donors (Lipinski definition) is 1. The van der Waals surface area contributed by atoms with Gasteiger partial charge in [0.25, 0.3) is 0 Å². The van der Waals surface area contributed by atoms with Crippen LogP contribution in [0.5, 0.6) is 0 Å². The molecular formula is C16H23BrN2O. The zero-order valence-corrected chi connectivity index (χ0v) is 13.6. The molecule has 0 saturated carbocycles. The van der Waals surface area contributed by atoms with Gasteiger partial charge in [-0.25, -0.2) is 0 Å². The summed E-state index contributed by atoms with van der Waals surface area (Å²) in [5.74, 6) is 0.771. The third-order valence-corrected chi connectivity index (χ3v) is 5.40. The monoisotopic (exact) mass is 338 g/mol. The van der Waals surface area contributed by atoms with E-state index >= 15 is 0 Å². The molecule has 2 aliphatic heterocycles.